The lowest BCUT2D eigenvalue weighted by Gasteiger charge is -2.11. The first-order valence-electron chi connectivity index (χ1n) is 4.47. The number of nitrogens with zero attached hydrogens (tertiary/aromatic N) is 1. The van der Waals surface area contributed by atoms with E-state index in [1.165, 1.54) is 6.92 Å². The molecule has 1 aromatic carbocycles. The molecule has 0 aromatic heterocycles. The maximum Gasteiger partial charge on any atom is 0.489 e. The standard InChI is InChI=1S/C9H12BNO4/c1-5-4-6(2)9(11(14)15)7(3)8(5)10(12)13/h4,12-13H,1-3H3. The van der Waals surface area contributed by atoms with Crippen LogP contribution in [0.4, 0.5) is 5.69 Å². The summed E-state index contributed by atoms with van der Waals surface area (Å²) in [6.45, 7) is 4.84. The van der Waals surface area contributed by atoms with Gasteiger partial charge in [0.25, 0.3) is 5.69 Å². The van der Waals surface area contributed by atoms with Crippen LogP contribution in [0, 0.1) is 30.9 Å². The molecule has 0 radical (unpaired) electrons. The van der Waals surface area contributed by atoms with Gasteiger partial charge in [0, 0.05) is 11.1 Å². The monoisotopic (exact) mass is 209 g/mol. The summed E-state index contributed by atoms with van der Waals surface area (Å²) in [4.78, 5) is 10.3. The lowest BCUT2D eigenvalue weighted by Crippen LogP contribution is -2.35. The van der Waals surface area contributed by atoms with Crippen molar-refractivity contribution in [2.75, 3.05) is 0 Å². The molecule has 0 saturated heterocycles. The van der Waals surface area contributed by atoms with Crippen molar-refractivity contribution in [3.8, 4) is 0 Å². The Morgan fingerprint density at radius 3 is 2.20 bits per heavy atom. The number of nitro benzene ring substituents is 1. The number of aryl methyl sites for hydroxylation is 2. The third-order valence-electron chi connectivity index (χ3n) is 2.43. The van der Waals surface area contributed by atoms with Gasteiger partial charge >= 0.3 is 7.12 Å². The van der Waals surface area contributed by atoms with E-state index in [0.717, 1.165) is 0 Å². The second-order valence-corrected chi connectivity index (χ2v) is 3.53. The van der Waals surface area contributed by atoms with Crippen LogP contribution in [0.15, 0.2) is 6.07 Å². The maximum absolute atomic E-state index is 10.8. The fraction of sp³-hybridized carbons (Fsp3) is 0.333. The van der Waals surface area contributed by atoms with Crippen molar-refractivity contribution in [3.05, 3.63) is 32.9 Å². The number of hydrogen-bond acceptors (Lipinski definition) is 4. The van der Waals surface area contributed by atoms with Crippen LogP contribution >= 0.6 is 0 Å². The molecule has 0 unspecified atom stereocenters. The average molecular weight is 209 g/mol. The summed E-state index contributed by atoms with van der Waals surface area (Å²) in [7, 11) is -1.68. The van der Waals surface area contributed by atoms with Gasteiger partial charge in [-0.3, -0.25) is 10.1 Å². The largest absolute Gasteiger partial charge is 0.489 e. The fourth-order valence-corrected chi connectivity index (χ4v) is 1.87. The summed E-state index contributed by atoms with van der Waals surface area (Å²) >= 11 is 0. The predicted octanol–water partition coefficient (Wildman–Crippen LogP) is 0.200. The second kappa shape index (κ2) is 4.00. The molecule has 0 aliphatic carbocycles. The first kappa shape index (κ1) is 11.7. The highest BCUT2D eigenvalue weighted by molar-refractivity contribution is 6.60. The van der Waals surface area contributed by atoms with Gasteiger partial charge in [0.2, 0.25) is 0 Å². The number of benzene rings is 1. The van der Waals surface area contributed by atoms with Crippen LogP contribution in [0.5, 0.6) is 0 Å². The molecule has 0 atom stereocenters. The van der Waals surface area contributed by atoms with Crippen LogP contribution in [0.25, 0.3) is 0 Å². The first-order chi connectivity index (χ1) is 6.86. The Morgan fingerprint density at radius 1 is 1.27 bits per heavy atom. The Labute approximate surface area is 87.7 Å². The minimum atomic E-state index is -1.68. The Morgan fingerprint density at radius 2 is 1.80 bits per heavy atom. The molecule has 0 fully saturated rings. The quantitative estimate of drug-likeness (QED) is 0.414. The van der Waals surface area contributed by atoms with Crippen molar-refractivity contribution in [2.24, 2.45) is 0 Å². The molecule has 0 aliphatic rings. The summed E-state index contributed by atoms with van der Waals surface area (Å²) in [5.41, 5.74) is 1.65. The van der Waals surface area contributed by atoms with Gasteiger partial charge in [-0.1, -0.05) is 5.56 Å². The molecule has 2 N–H and O–H groups in total. The Kier molecular flexibility index (Phi) is 3.11. The van der Waals surface area contributed by atoms with Gasteiger partial charge < -0.3 is 10.0 Å². The molecule has 6 heteroatoms. The lowest BCUT2D eigenvalue weighted by molar-refractivity contribution is -0.386. The van der Waals surface area contributed by atoms with E-state index in [4.69, 9.17) is 10.0 Å². The zero-order valence-corrected chi connectivity index (χ0v) is 8.81. The molecule has 0 saturated carbocycles. The topological polar surface area (TPSA) is 83.6 Å². The SMILES string of the molecule is Cc1cc(C)c([N+](=O)[O-])c(C)c1B(O)O. The molecule has 80 valence electrons. The predicted molar refractivity (Wildman–Crippen MR) is 57.1 cm³/mol. The molecule has 5 nitrogen and oxygen atoms in total. The molecule has 0 bridgehead atoms. The van der Waals surface area contributed by atoms with Gasteiger partial charge in [-0.05, 0) is 32.3 Å². The zero-order valence-electron chi connectivity index (χ0n) is 8.81. The highest BCUT2D eigenvalue weighted by atomic mass is 16.6. The summed E-state index contributed by atoms with van der Waals surface area (Å²) in [5, 5.41) is 29.0. The molecule has 1 aromatic rings. The number of nitro groups is 1. The number of hydrogen-bond donors (Lipinski definition) is 2. The minimum absolute atomic E-state index is 0.0521. The van der Waals surface area contributed by atoms with Crippen molar-refractivity contribution >= 4 is 18.3 Å². The molecule has 0 amide bonds. The number of rotatable bonds is 2. The smallest absolute Gasteiger partial charge is 0.423 e. The minimum Gasteiger partial charge on any atom is -0.423 e. The molecule has 0 heterocycles. The summed E-state index contributed by atoms with van der Waals surface area (Å²) in [6, 6.07) is 1.58. The summed E-state index contributed by atoms with van der Waals surface area (Å²) < 4.78 is 0. The Balaban J connectivity index is 3.56. The normalized spacial score (nSPS) is 10.2. The van der Waals surface area contributed by atoms with E-state index < -0.39 is 12.0 Å². The van der Waals surface area contributed by atoms with Crippen LogP contribution in [0.1, 0.15) is 16.7 Å². The maximum atomic E-state index is 10.8. The highest BCUT2D eigenvalue weighted by Crippen LogP contribution is 2.22. The highest BCUT2D eigenvalue weighted by Gasteiger charge is 2.25. The summed E-state index contributed by atoms with van der Waals surface area (Å²) in [6.07, 6.45) is 0. The van der Waals surface area contributed by atoms with Gasteiger partial charge in [0.1, 0.15) is 0 Å². The molecule has 15 heavy (non-hydrogen) atoms. The van der Waals surface area contributed by atoms with Crippen molar-refractivity contribution in [3.63, 3.8) is 0 Å². The van der Waals surface area contributed by atoms with Crippen LogP contribution in [-0.4, -0.2) is 22.1 Å². The van der Waals surface area contributed by atoms with Gasteiger partial charge in [0.15, 0.2) is 0 Å². The fourth-order valence-electron chi connectivity index (χ4n) is 1.87. The third-order valence-corrected chi connectivity index (χ3v) is 2.43. The van der Waals surface area contributed by atoms with E-state index in [0.29, 0.717) is 16.7 Å². The van der Waals surface area contributed by atoms with Crippen molar-refractivity contribution < 1.29 is 15.0 Å². The molecule has 0 aliphatic heterocycles. The van der Waals surface area contributed by atoms with Crippen molar-refractivity contribution in [1.29, 1.82) is 0 Å². The van der Waals surface area contributed by atoms with E-state index in [-0.39, 0.29) is 11.2 Å². The van der Waals surface area contributed by atoms with Crippen molar-refractivity contribution in [1.82, 2.24) is 0 Å². The molecule has 1 rings (SSSR count). The molecule has 0 spiro atoms. The van der Waals surface area contributed by atoms with E-state index in [1.807, 2.05) is 0 Å². The van der Waals surface area contributed by atoms with Gasteiger partial charge in [0.05, 0.1) is 4.92 Å². The molecular weight excluding hydrogens is 197 g/mol. The average Bonchev–Trinajstić information content (AvgIpc) is 1.99. The van der Waals surface area contributed by atoms with E-state index in [2.05, 4.69) is 0 Å². The van der Waals surface area contributed by atoms with E-state index in [1.54, 1.807) is 19.9 Å². The van der Waals surface area contributed by atoms with Gasteiger partial charge in [-0.2, -0.15) is 0 Å². The van der Waals surface area contributed by atoms with Crippen LogP contribution < -0.4 is 5.46 Å². The van der Waals surface area contributed by atoms with Crippen molar-refractivity contribution in [2.45, 2.75) is 20.8 Å². The first-order valence-corrected chi connectivity index (χ1v) is 4.47. The van der Waals surface area contributed by atoms with Gasteiger partial charge in [-0.25, -0.2) is 0 Å². The Hall–Kier alpha value is -1.40. The van der Waals surface area contributed by atoms with E-state index >= 15 is 0 Å². The van der Waals surface area contributed by atoms with Crippen LogP contribution in [0.3, 0.4) is 0 Å². The third kappa shape index (κ3) is 2.00. The Bertz CT molecular complexity index is 417. The summed E-state index contributed by atoms with van der Waals surface area (Å²) in [5.74, 6) is 0. The van der Waals surface area contributed by atoms with Crippen LogP contribution in [0.2, 0.25) is 0 Å². The zero-order chi connectivity index (χ0) is 11.7. The second-order valence-electron chi connectivity index (χ2n) is 3.53. The lowest BCUT2D eigenvalue weighted by atomic mass is 9.73. The van der Waals surface area contributed by atoms with E-state index in [9.17, 15) is 10.1 Å². The van der Waals surface area contributed by atoms with Gasteiger partial charge in [-0.15, -0.1) is 0 Å². The van der Waals surface area contributed by atoms with Crippen LogP contribution in [-0.2, 0) is 0 Å². The molecular formula is C9H12BNO4.